The van der Waals surface area contributed by atoms with Crippen LogP contribution in [0, 0.1) is 5.92 Å². The highest BCUT2D eigenvalue weighted by Gasteiger charge is 2.32. The Labute approximate surface area is 111 Å². The summed E-state index contributed by atoms with van der Waals surface area (Å²) < 4.78 is 0. The number of pyridine rings is 1. The molecule has 2 saturated heterocycles. The Kier molecular flexibility index (Phi) is 3.16. The van der Waals surface area contributed by atoms with Crippen molar-refractivity contribution in [3.63, 3.8) is 0 Å². The van der Waals surface area contributed by atoms with Crippen LogP contribution in [-0.4, -0.2) is 30.7 Å². The van der Waals surface area contributed by atoms with Gasteiger partial charge in [-0.2, -0.15) is 0 Å². The molecule has 0 radical (unpaired) electrons. The summed E-state index contributed by atoms with van der Waals surface area (Å²) in [7, 11) is 0. The minimum absolute atomic E-state index is 0.381. The molecule has 0 unspecified atom stereocenters. The average molecular weight is 272 g/mol. The van der Waals surface area contributed by atoms with Crippen molar-refractivity contribution >= 4 is 28.9 Å². The van der Waals surface area contributed by atoms with Gasteiger partial charge in [-0.15, -0.1) is 0 Å². The minimum atomic E-state index is 0.381. The van der Waals surface area contributed by atoms with Crippen LogP contribution in [0.1, 0.15) is 12.8 Å². The van der Waals surface area contributed by atoms with E-state index in [1.807, 2.05) is 12.3 Å². The summed E-state index contributed by atoms with van der Waals surface area (Å²) in [6, 6.07) is 2.63. The fourth-order valence-corrected chi connectivity index (χ4v) is 2.93. The Morgan fingerprint density at radius 3 is 2.82 bits per heavy atom. The molecule has 3 heterocycles. The van der Waals surface area contributed by atoms with E-state index in [4.69, 9.17) is 23.2 Å². The van der Waals surface area contributed by atoms with Crippen molar-refractivity contribution in [2.75, 3.05) is 24.5 Å². The number of fused-ring (bicyclic) bond motifs is 1. The van der Waals surface area contributed by atoms with Gasteiger partial charge in [0, 0.05) is 19.1 Å². The van der Waals surface area contributed by atoms with E-state index in [9.17, 15) is 0 Å². The molecule has 5 heteroatoms. The molecular weight excluding hydrogens is 257 g/mol. The van der Waals surface area contributed by atoms with Gasteiger partial charge in [0.25, 0.3) is 0 Å². The predicted octanol–water partition coefficient (Wildman–Crippen LogP) is 2.58. The van der Waals surface area contributed by atoms with Crippen molar-refractivity contribution in [3.05, 3.63) is 22.4 Å². The van der Waals surface area contributed by atoms with Gasteiger partial charge in [0.05, 0.1) is 16.9 Å². The van der Waals surface area contributed by atoms with E-state index in [0.717, 1.165) is 30.7 Å². The second kappa shape index (κ2) is 4.63. The van der Waals surface area contributed by atoms with Crippen LogP contribution in [0.3, 0.4) is 0 Å². The molecule has 92 valence electrons. The van der Waals surface area contributed by atoms with Crippen molar-refractivity contribution in [2.24, 2.45) is 5.92 Å². The van der Waals surface area contributed by atoms with Crippen molar-refractivity contribution < 1.29 is 0 Å². The fourth-order valence-electron chi connectivity index (χ4n) is 2.66. The van der Waals surface area contributed by atoms with E-state index in [1.165, 1.54) is 19.4 Å². The Hall–Kier alpha value is -0.510. The summed E-state index contributed by atoms with van der Waals surface area (Å²) in [5.74, 6) is 0.857. The second-order valence-electron chi connectivity index (χ2n) is 4.81. The zero-order chi connectivity index (χ0) is 11.8. The first-order valence-electron chi connectivity index (χ1n) is 6.03. The van der Waals surface area contributed by atoms with Crippen LogP contribution in [0.2, 0.25) is 10.2 Å². The first-order chi connectivity index (χ1) is 8.24. The first-order valence-corrected chi connectivity index (χ1v) is 6.79. The van der Waals surface area contributed by atoms with Gasteiger partial charge in [0.2, 0.25) is 0 Å². The fraction of sp³-hybridized carbons (Fsp3) is 0.583. The highest BCUT2D eigenvalue weighted by atomic mass is 35.5. The lowest BCUT2D eigenvalue weighted by Gasteiger charge is -2.36. The third-order valence-electron chi connectivity index (χ3n) is 3.84. The molecule has 1 N–H and O–H groups in total. The molecule has 0 spiro atoms. The molecule has 2 aliphatic rings. The topological polar surface area (TPSA) is 28.2 Å². The maximum Gasteiger partial charge on any atom is 0.147 e. The number of nitrogens with one attached hydrogen (secondary N) is 1. The maximum atomic E-state index is 6.01. The Morgan fingerprint density at radius 1 is 1.29 bits per heavy atom. The number of aromatic nitrogens is 1. The third-order valence-corrected chi connectivity index (χ3v) is 4.52. The van der Waals surface area contributed by atoms with Gasteiger partial charge < -0.3 is 10.2 Å². The van der Waals surface area contributed by atoms with Gasteiger partial charge in [0.15, 0.2) is 0 Å². The number of anilines is 1. The quantitative estimate of drug-likeness (QED) is 0.796. The number of hydrogen-bond donors (Lipinski definition) is 1. The van der Waals surface area contributed by atoms with E-state index in [1.54, 1.807) is 0 Å². The minimum Gasteiger partial charge on any atom is -0.370 e. The second-order valence-corrected chi connectivity index (χ2v) is 5.57. The summed E-state index contributed by atoms with van der Waals surface area (Å²) in [6.45, 7) is 3.33. The largest absolute Gasteiger partial charge is 0.370 e. The Balaban J connectivity index is 1.76. The first kappa shape index (κ1) is 11.6. The number of hydrogen-bond acceptors (Lipinski definition) is 3. The molecule has 2 aliphatic heterocycles. The van der Waals surface area contributed by atoms with E-state index < -0.39 is 0 Å². The van der Waals surface area contributed by atoms with Crippen LogP contribution in [0.4, 0.5) is 5.69 Å². The Morgan fingerprint density at radius 2 is 2.12 bits per heavy atom. The van der Waals surface area contributed by atoms with Gasteiger partial charge in [-0.25, -0.2) is 4.98 Å². The van der Waals surface area contributed by atoms with Gasteiger partial charge in [-0.1, -0.05) is 23.2 Å². The van der Waals surface area contributed by atoms with Crippen LogP contribution in [0.15, 0.2) is 12.3 Å². The van der Waals surface area contributed by atoms with Crippen molar-refractivity contribution in [2.45, 2.75) is 18.9 Å². The molecule has 0 amide bonds. The Bertz CT molecular complexity index is 410. The molecule has 1 aromatic rings. The van der Waals surface area contributed by atoms with Gasteiger partial charge in [0.1, 0.15) is 5.15 Å². The summed E-state index contributed by atoms with van der Waals surface area (Å²) in [5.41, 5.74) is 1.08. The highest BCUT2D eigenvalue weighted by Crippen LogP contribution is 2.29. The highest BCUT2D eigenvalue weighted by molar-refractivity contribution is 6.41. The lowest BCUT2D eigenvalue weighted by Crippen LogP contribution is -2.52. The lowest BCUT2D eigenvalue weighted by atomic mass is 9.88. The number of halogens is 2. The standard InChI is InChI=1S/C12H15Cl2N3/c13-10-5-9(7-16-12(10)14)17-3-1-8-6-15-11(8)2-4-17/h5,7-8,11,15H,1-4,6H2/t8-,11-/m0/s1. The molecule has 1 aromatic heterocycles. The SMILES string of the molecule is Clc1cc(N2CC[C@H]3CN[C@H]3CC2)cnc1Cl. The maximum absolute atomic E-state index is 6.01. The average Bonchev–Trinajstić information content (AvgIpc) is 2.42. The molecule has 0 aromatic carbocycles. The molecule has 17 heavy (non-hydrogen) atoms. The van der Waals surface area contributed by atoms with Crippen LogP contribution in [0.5, 0.6) is 0 Å². The van der Waals surface area contributed by atoms with Gasteiger partial charge >= 0.3 is 0 Å². The number of rotatable bonds is 1. The molecule has 2 fully saturated rings. The lowest BCUT2D eigenvalue weighted by molar-refractivity contribution is 0.226. The van der Waals surface area contributed by atoms with Gasteiger partial charge in [-0.05, 0) is 31.4 Å². The van der Waals surface area contributed by atoms with Crippen molar-refractivity contribution in [3.8, 4) is 0 Å². The van der Waals surface area contributed by atoms with Crippen molar-refractivity contribution in [1.29, 1.82) is 0 Å². The number of nitrogens with zero attached hydrogens (tertiary/aromatic N) is 2. The van der Waals surface area contributed by atoms with E-state index in [-0.39, 0.29) is 0 Å². The van der Waals surface area contributed by atoms with E-state index >= 15 is 0 Å². The van der Waals surface area contributed by atoms with E-state index in [2.05, 4.69) is 15.2 Å². The van der Waals surface area contributed by atoms with Crippen LogP contribution >= 0.6 is 23.2 Å². The normalized spacial score (nSPS) is 28.2. The van der Waals surface area contributed by atoms with Crippen LogP contribution < -0.4 is 10.2 Å². The summed E-state index contributed by atoms with van der Waals surface area (Å²) in [4.78, 5) is 6.47. The van der Waals surface area contributed by atoms with Crippen LogP contribution in [-0.2, 0) is 0 Å². The molecule has 0 saturated carbocycles. The molecule has 3 nitrogen and oxygen atoms in total. The molecular formula is C12H15Cl2N3. The molecule has 0 aliphatic carbocycles. The smallest absolute Gasteiger partial charge is 0.147 e. The third kappa shape index (κ3) is 2.24. The molecule has 3 rings (SSSR count). The zero-order valence-corrected chi connectivity index (χ0v) is 11.0. The molecule has 0 bridgehead atoms. The van der Waals surface area contributed by atoms with Gasteiger partial charge in [-0.3, -0.25) is 0 Å². The molecule has 2 atom stereocenters. The summed E-state index contributed by atoms with van der Waals surface area (Å²) >= 11 is 11.8. The van der Waals surface area contributed by atoms with Crippen molar-refractivity contribution in [1.82, 2.24) is 10.3 Å². The van der Waals surface area contributed by atoms with E-state index in [0.29, 0.717) is 10.2 Å². The summed E-state index contributed by atoms with van der Waals surface area (Å²) in [6.07, 6.45) is 4.26. The summed E-state index contributed by atoms with van der Waals surface area (Å²) in [5, 5.41) is 4.41. The predicted molar refractivity (Wildman–Crippen MR) is 71.0 cm³/mol. The zero-order valence-electron chi connectivity index (χ0n) is 9.50. The van der Waals surface area contributed by atoms with Crippen LogP contribution in [0.25, 0.3) is 0 Å². The monoisotopic (exact) mass is 271 g/mol.